The molecule has 0 aliphatic carbocycles. The monoisotopic (exact) mass is 729 g/mol. The maximum Gasteiger partial charge on any atom is 0.348 e. The fourth-order valence-corrected chi connectivity index (χ4v) is 4.90. The number of ether oxygens (including phenoxy) is 5. The Morgan fingerprint density at radius 2 is 1.52 bits per heavy atom. The molecule has 0 aliphatic heterocycles. The van der Waals surface area contributed by atoms with E-state index in [9.17, 15) is 29.1 Å². The topological polar surface area (TPSA) is 234 Å². The summed E-state index contributed by atoms with van der Waals surface area (Å²) in [5, 5.41) is 22.9. The summed E-state index contributed by atoms with van der Waals surface area (Å²) < 4.78 is 27.1. The number of para-hydroxylation sites is 1. The van der Waals surface area contributed by atoms with Gasteiger partial charge in [0.05, 0.1) is 52.7 Å². The number of aromatic hydroxyl groups is 1. The molecule has 0 spiro atoms. The predicted molar refractivity (Wildman–Crippen MR) is 187 cm³/mol. The molecule has 0 fully saturated rings. The summed E-state index contributed by atoms with van der Waals surface area (Å²) in [6.45, 7) is 5.32. The first-order valence-corrected chi connectivity index (χ1v) is 16.7. The van der Waals surface area contributed by atoms with Crippen LogP contribution in [0.4, 0.5) is 0 Å². The third-order valence-electron chi connectivity index (χ3n) is 7.38. The molecule has 0 unspecified atom stereocenters. The van der Waals surface area contributed by atoms with Gasteiger partial charge < -0.3 is 49.9 Å². The van der Waals surface area contributed by atoms with Gasteiger partial charge in [-0.25, -0.2) is 14.6 Å². The Bertz CT molecular complexity index is 1670. The molecular formula is C35H47N5O12. The second-order valence-corrected chi connectivity index (χ2v) is 11.6. The van der Waals surface area contributed by atoms with E-state index >= 15 is 0 Å². The molecule has 17 nitrogen and oxygen atoms in total. The first kappa shape index (κ1) is 41.4. The van der Waals surface area contributed by atoms with Crippen molar-refractivity contribution in [2.75, 3.05) is 64.4 Å². The second-order valence-electron chi connectivity index (χ2n) is 11.6. The van der Waals surface area contributed by atoms with Gasteiger partial charge in [-0.05, 0) is 23.1 Å². The molecule has 0 aliphatic rings. The van der Waals surface area contributed by atoms with Crippen LogP contribution in [0.2, 0.25) is 0 Å². The molecule has 2 amide bonds. The lowest BCUT2D eigenvalue weighted by atomic mass is 10.0. The first-order valence-electron chi connectivity index (χ1n) is 16.7. The van der Waals surface area contributed by atoms with Crippen molar-refractivity contribution in [2.45, 2.75) is 45.7 Å². The molecule has 6 N–H and O–H groups in total. The maximum atomic E-state index is 14.1. The average molecular weight is 730 g/mol. The number of aliphatic hydroxyl groups excluding tert-OH is 1. The van der Waals surface area contributed by atoms with Crippen molar-refractivity contribution in [1.82, 2.24) is 15.0 Å². The van der Waals surface area contributed by atoms with Crippen molar-refractivity contribution in [1.29, 1.82) is 0 Å². The van der Waals surface area contributed by atoms with Crippen LogP contribution in [0.3, 0.4) is 0 Å². The van der Waals surface area contributed by atoms with Crippen molar-refractivity contribution >= 4 is 23.8 Å². The Kier molecular flexibility index (Phi) is 17.0. The summed E-state index contributed by atoms with van der Waals surface area (Å²) in [5.41, 5.74) is 6.48. The van der Waals surface area contributed by atoms with E-state index in [2.05, 4.69) is 10.3 Å². The largest absolute Gasteiger partial charge is 0.492 e. The van der Waals surface area contributed by atoms with Crippen molar-refractivity contribution in [3.63, 3.8) is 0 Å². The number of H-pyrrole nitrogens is 1. The zero-order chi connectivity index (χ0) is 38.0. The van der Waals surface area contributed by atoms with Crippen molar-refractivity contribution < 1.29 is 53.1 Å². The number of nitrogens with one attached hydrogen (secondary N) is 2. The molecule has 1 atom stereocenters. The van der Waals surface area contributed by atoms with Gasteiger partial charge in [-0.15, -0.1) is 0 Å². The van der Waals surface area contributed by atoms with Crippen LogP contribution in [0.25, 0.3) is 11.3 Å². The maximum absolute atomic E-state index is 14.1. The zero-order valence-corrected chi connectivity index (χ0v) is 29.5. The lowest BCUT2D eigenvalue weighted by Crippen LogP contribution is -2.57. The van der Waals surface area contributed by atoms with Gasteiger partial charge in [0.2, 0.25) is 11.8 Å². The van der Waals surface area contributed by atoms with Crippen LogP contribution in [0.15, 0.2) is 53.3 Å². The van der Waals surface area contributed by atoms with E-state index in [1.807, 2.05) is 13.8 Å². The number of esters is 2. The fraction of sp³-hybridized carbons (Fsp3) is 0.457. The summed E-state index contributed by atoms with van der Waals surface area (Å²) >= 11 is 0. The number of benzene rings is 2. The number of aliphatic hydroxyl groups is 1. The van der Waals surface area contributed by atoms with Crippen LogP contribution in [-0.2, 0) is 44.7 Å². The second kappa shape index (κ2) is 21.3. The van der Waals surface area contributed by atoms with Crippen molar-refractivity contribution in [3.05, 3.63) is 70.1 Å². The molecule has 52 heavy (non-hydrogen) atoms. The number of hydrogen-bond acceptors (Lipinski definition) is 13. The van der Waals surface area contributed by atoms with Crippen molar-refractivity contribution in [3.8, 4) is 22.9 Å². The van der Waals surface area contributed by atoms with Crippen LogP contribution in [0.5, 0.6) is 11.6 Å². The molecule has 284 valence electrons. The van der Waals surface area contributed by atoms with E-state index < -0.39 is 54.3 Å². The van der Waals surface area contributed by atoms with Gasteiger partial charge in [0.25, 0.3) is 5.91 Å². The standard InChI is InChI=1S/C35H47N5O12/c1-23(2)27-6-4-5-7-29(27)52-31(44)22-39(40-34(46)32(38-35(40)47)26-10-8-25(21-36)9-11-26)33(45)28(37-24(3)42)20-30(43)51-19-18-50-17-16-49-15-14-48-13-12-41/h4-11,23,28,41,46H,12-22,36H2,1-3H3,(H,37,42)(H,38,47)/t28-/m0/s1. The van der Waals surface area contributed by atoms with E-state index in [1.165, 1.54) is 0 Å². The molecule has 3 rings (SSSR count). The number of aromatic nitrogens is 2. The number of imidazole rings is 1. The summed E-state index contributed by atoms with van der Waals surface area (Å²) in [6.07, 6.45) is -0.690. The minimum atomic E-state index is -1.63. The van der Waals surface area contributed by atoms with E-state index in [-0.39, 0.29) is 63.5 Å². The minimum Gasteiger partial charge on any atom is -0.492 e. The summed E-state index contributed by atoms with van der Waals surface area (Å²) in [7, 11) is 0. The van der Waals surface area contributed by atoms with Gasteiger partial charge in [0.15, 0.2) is 0 Å². The average Bonchev–Trinajstić information content (AvgIpc) is 3.41. The number of rotatable bonds is 22. The molecular weight excluding hydrogens is 682 g/mol. The van der Waals surface area contributed by atoms with Gasteiger partial charge >= 0.3 is 17.6 Å². The number of carbonyl (C=O) groups is 4. The highest BCUT2D eigenvalue weighted by Gasteiger charge is 2.34. The Hall–Kier alpha value is -5.07. The number of nitrogens with zero attached hydrogens (tertiary/aromatic N) is 2. The third kappa shape index (κ3) is 12.6. The normalized spacial score (nSPS) is 11.7. The van der Waals surface area contributed by atoms with Crippen LogP contribution in [0.1, 0.15) is 44.2 Å². The van der Waals surface area contributed by atoms with E-state index in [0.717, 1.165) is 12.5 Å². The molecule has 17 heteroatoms. The summed E-state index contributed by atoms with van der Waals surface area (Å²) in [6, 6.07) is 11.7. The van der Waals surface area contributed by atoms with Gasteiger partial charge in [-0.1, -0.05) is 56.3 Å². The Morgan fingerprint density at radius 1 is 0.904 bits per heavy atom. The highest BCUT2D eigenvalue weighted by Crippen LogP contribution is 2.28. The van der Waals surface area contributed by atoms with Gasteiger partial charge in [-0.2, -0.15) is 4.68 Å². The van der Waals surface area contributed by atoms with Crippen molar-refractivity contribution in [2.24, 2.45) is 5.73 Å². The van der Waals surface area contributed by atoms with Crippen LogP contribution in [0, 0.1) is 0 Å². The van der Waals surface area contributed by atoms with E-state index in [0.29, 0.717) is 34.0 Å². The smallest absolute Gasteiger partial charge is 0.348 e. The third-order valence-corrected chi connectivity index (χ3v) is 7.38. The molecule has 2 aromatic carbocycles. The minimum absolute atomic E-state index is 0.00628. The molecule has 0 radical (unpaired) electrons. The first-order chi connectivity index (χ1) is 25.0. The van der Waals surface area contributed by atoms with E-state index in [4.69, 9.17) is 34.5 Å². The predicted octanol–water partition coefficient (Wildman–Crippen LogP) is 0.681. The number of aromatic amines is 1. The lowest BCUT2D eigenvalue weighted by Gasteiger charge is -2.27. The molecule has 0 bridgehead atoms. The van der Waals surface area contributed by atoms with Gasteiger partial charge in [0, 0.05) is 19.0 Å². The SMILES string of the molecule is CC(=O)N[C@@H](CC(=O)OCCOCCOCCOCCO)C(=O)N(CC(=O)Oc1ccccc1C(C)C)n1c(O)c(-c2ccc(CN)cc2)[nH]c1=O. The number of carbonyl (C=O) groups excluding carboxylic acids is 4. The van der Waals surface area contributed by atoms with Gasteiger partial charge in [0.1, 0.15) is 30.6 Å². The Morgan fingerprint density at radius 3 is 2.12 bits per heavy atom. The highest BCUT2D eigenvalue weighted by atomic mass is 16.6. The molecule has 1 aromatic heterocycles. The molecule has 1 heterocycles. The van der Waals surface area contributed by atoms with Crippen LogP contribution < -0.4 is 26.5 Å². The zero-order valence-electron chi connectivity index (χ0n) is 29.5. The van der Waals surface area contributed by atoms with Crippen LogP contribution >= 0.6 is 0 Å². The van der Waals surface area contributed by atoms with E-state index in [1.54, 1.807) is 48.5 Å². The lowest BCUT2D eigenvalue weighted by molar-refractivity contribution is -0.147. The molecule has 3 aromatic rings. The highest BCUT2D eigenvalue weighted by molar-refractivity contribution is 5.99. The summed E-state index contributed by atoms with van der Waals surface area (Å²) in [5.74, 6) is -4.20. The summed E-state index contributed by atoms with van der Waals surface area (Å²) in [4.78, 5) is 68.3. The Labute approximate surface area is 300 Å². The number of nitrogens with two attached hydrogens (primary N) is 1. The van der Waals surface area contributed by atoms with Gasteiger partial charge in [-0.3, -0.25) is 14.4 Å². The number of amides is 2. The van der Waals surface area contributed by atoms with Crippen LogP contribution in [-0.4, -0.2) is 109 Å². The quantitative estimate of drug-likeness (QED) is 0.0545. The Balaban J connectivity index is 1.80. The molecule has 0 saturated heterocycles. The number of hydrogen-bond donors (Lipinski definition) is 5. The fourth-order valence-electron chi connectivity index (χ4n) is 4.90. The molecule has 0 saturated carbocycles.